The van der Waals surface area contributed by atoms with Gasteiger partial charge in [0.1, 0.15) is 0 Å². The van der Waals surface area contributed by atoms with Gasteiger partial charge in [-0.15, -0.1) is 0 Å². The number of hydrogen-bond donors (Lipinski definition) is 1. The van der Waals surface area contributed by atoms with Crippen LogP contribution in [0.4, 0.5) is 0 Å². The van der Waals surface area contributed by atoms with Gasteiger partial charge in [-0.25, -0.2) is 0 Å². The zero-order valence-corrected chi connectivity index (χ0v) is 12.6. The van der Waals surface area contributed by atoms with Crippen molar-refractivity contribution in [1.29, 1.82) is 0 Å². The zero-order valence-electron chi connectivity index (χ0n) is 11.0. The van der Waals surface area contributed by atoms with Crippen molar-refractivity contribution in [2.75, 3.05) is 0 Å². The number of benzene rings is 1. The Hall–Kier alpha value is -0.600. The van der Waals surface area contributed by atoms with Gasteiger partial charge >= 0.3 is 0 Å². The van der Waals surface area contributed by atoms with E-state index < -0.39 is 0 Å². The van der Waals surface area contributed by atoms with Gasteiger partial charge < -0.3 is 5.73 Å². The monoisotopic (exact) mass is 305 g/mol. The highest BCUT2D eigenvalue weighted by molar-refractivity contribution is 9.10. The molecule has 2 atom stereocenters. The van der Waals surface area contributed by atoms with E-state index in [4.69, 9.17) is 5.73 Å². The Labute approximate surface area is 118 Å². The number of fused-ring (bicyclic) bond motifs is 2. The molecule has 0 aromatic heterocycles. The van der Waals surface area contributed by atoms with Gasteiger partial charge in [-0.05, 0) is 65.5 Å². The molecule has 2 unspecified atom stereocenters. The molecule has 0 bridgehead atoms. The normalized spacial score (nSPS) is 26.5. The molecule has 0 saturated carbocycles. The third kappa shape index (κ3) is 1.86. The van der Waals surface area contributed by atoms with Crippen LogP contribution in [-0.2, 0) is 6.42 Å². The van der Waals surface area contributed by atoms with E-state index in [2.05, 4.69) is 48.0 Å². The summed E-state index contributed by atoms with van der Waals surface area (Å²) in [5.74, 6) is 1.39. The molecular weight excluding hydrogens is 286 g/mol. The van der Waals surface area contributed by atoms with Crippen LogP contribution in [0, 0.1) is 11.8 Å². The SMILES string of the molecule is CC(C)C1CCC(N)C2=C1c1cc(Br)ccc1C2. The van der Waals surface area contributed by atoms with Crippen LogP contribution in [0.2, 0.25) is 0 Å². The van der Waals surface area contributed by atoms with Crippen molar-refractivity contribution in [2.45, 2.75) is 39.2 Å². The molecule has 96 valence electrons. The first-order chi connectivity index (χ1) is 8.58. The van der Waals surface area contributed by atoms with Crippen molar-refractivity contribution >= 4 is 21.5 Å². The summed E-state index contributed by atoms with van der Waals surface area (Å²) >= 11 is 3.60. The quantitative estimate of drug-likeness (QED) is 0.828. The lowest BCUT2D eigenvalue weighted by Gasteiger charge is -2.32. The number of allylic oxidation sites excluding steroid dienone is 1. The van der Waals surface area contributed by atoms with Gasteiger partial charge in [0.25, 0.3) is 0 Å². The van der Waals surface area contributed by atoms with Gasteiger partial charge in [-0.2, -0.15) is 0 Å². The smallest absolute Gasteiger partial charge is 0.0263 e. The zero-order chi connectivity index (χ0) is 12.9. The van der Waals surface area contributed by atoms with Gasteiger partial charge in [-0.1, -0.05) is 35.8 Å². The van der Waals surface area contributed by atoms with Crippen molar-refractivity contribution < 1.29 is 0 Å². The maximum absolute atomic E-state index is 6.33. The second-order valence-corrected chi connectivity index (χ2v) is 6.87. The van der Waals surface area contributed by atoms with E-state index in [1.54, 1.807) is 5.57 Å². The number of nitrogens with two attached hydrogens (primary N) is 1. The van der Waals surface area contributed by atoms with Crippen molar-refractivity contribution in [3.63, 3.8) is 0 Å². The molecule has 0 saturated heterocycles. The molecule has 0 fully saturated rings. The summed E-state index contributed by atoms with van der Waals surface area (Å²) in [6.07, 6.45) is 3.46. The average Bonchev–Trinajstić information content (AvgIpc) is 2.69. The lowest BCUT2D eigenvalue weighted by Crippen LogP contribution is -2.30. The molecule has 2 aliphatic rings. The van der Waals surface area contributed by atoms with Crippen LogP contribution in [0.1, 0.15) is 37.8 Å². The highest BCUT2D eigenvalue weighted by Gasteiger charge is 2.35. The minimum absolute atomic E-state index is 0.279. The first kappa shape index (κ1) is 12.4. The first-order valence-corrected chi connectivity index (χ1v) is 7.64. The third-order valence-corrected chi connectivity index (χ3v) is 4.99. The summed E-state index contributed by atoms with van der Waals surface area (Å²) < 4.78 is 1.18. The van der Waals surface area contributed by atoms with Crippen LogP contribution in [0.3, 0.4) is 0 Å². The van der Waals surface area contributed by atoms with E-state index in [1.165, 1.54) is 27.6 Å². The predicted octanol–water partition coefficient (Wildman–Crippen LogP) is 4.15. The van der Waals surface area contributed by atoms with Crippen LogP contribution in [0.25, 0.3) is 5.57 Å². The molecule has 0 spiro atoms. The minimum Gasteiger partial charge on any atom is -0.324 e. The average molecular weight is 306 g/mol. The molecule has 0 aliphatic heterocycles. The minimum atomic E-state index is 0.279. The van der Waals surface area contributed by atoms with E-state index in [-0.39, 0.29) is 6.04 Å². The second kappa shape index (κ2) is 4.50. The van der Waals surface area contributed by atoms with E-state index >= 15 is 0 Å². The standard InChI is InChI=1S/C16H20BrN/c1-9(2)12-5-6-15(18)14-7-10-3-4-11(17)8-13(10)16(12)14/h3-4,8-9,12,15H,5-7,18H2,1-2H3. The summed E-state index contributed by atoms with van der Waals surface area (Å²) in [6, 6.07) is 6.96. The van der Waals surface area contributed by atoms with Crippen LogP contribution >= 0.6 is 15.9 Å². The molecule has 2 N–H and O–H groups in total. The van der Waals surface area contributed by atoms with Crippen molar-refractivity contribution in [2.24, 2.45) is 17.6 Å². The van der Waals surface area contributed by atoms with Crippen LogP contribution in [0.5, 0.6) is 0 Å². The Bertz CT molecular complexity index is 516. The summed E-state index contributed by atoms with van der Waals surface area (Å²) in [5.41, 5.74) is 12.3. The molecule has 2 heteroatoms. The predicted molar refractivity (Wildman–Crippen MR) is 80.3 cm³/mol. The maximum atomic E-state index is 6.33. The Morgan fingerprint density at radius 1 is 1.28 bits per heavy atom. The fourth-order valence-corrected chi connectivity index (χ4v) is 3.90. The lowest BCUT2D eigenvalue weighted by molar-refractivity contribution is 0.406. The largest absolute Gasteiger partial charge is 0.324 e. The molecule has 0 heterocycles. The van der Waals surface area contributed by atoms with Gasteiger partial charge in [0.05, 0.1) is 0 Å². The Morgan fingerprint density at radius 3 is 2.78 bits per heavy atom. The molecule has 0 amide bonds. The lowest BCUT2D eigenvalue weighted by atomic mass is 9.75. The topological polar surface area (TPSA) is 26.0 Å². The van der Waals surface area contributed by atoms with Crippen molar-refractivity contribution in [3.05, 3.63) is 39.4 Å². The Balaban J connectivity index is 2.13. The van der Waals surface area contributed by atoms with Crippen LogP contribution in [-0.4, -0.2) is 6.04 Å². The highest BCUT2D eigenvalue weighted by atomic mass is 79.9. The van der Waals surface area contributed by atoms with E-state index in [0.29, 0.717) is 11.8 Å². The van der Waals surface area contributed by atoms with E-state index in [1.807, 2.05) is 0 Å². The fourth-order valence-electron chi connectivity index (χ4n) is 3.54. The molecule has 3 rings (SSSR count). The van der Waals surface area contributed by atoms with Crippen LogP contribution in [0.15, 0.2) is 28.2 Å². The maximum Gasteiger partial charge on any atom is 0.0263 e. The van der Waals surface area contributed by atoms with Gasteiger partial charge in [0.2, 0.25) is 0 Å². The summed E-state index contributed by atoms with van der Waals surface area (Å²) in [6.45, 7) is 4.67. The highest BCUT2D eigenvalue weighted by Crippen LogP contribution is 2.47. The summed E-state index contributed by atoms with van der Waals surface area (Å²) in [4.78, 5) is 0. The Kier molecular flexibility index (Phi) is 3.11. The number of halogens is 1. The summed E-state index contributed by atoms with van der Waals surface area (Å²) in [7, 11) is 0. The number of hydrogen-bond acceptors (Lipinski definition) is 1. The molecule has 1 nitrogen and oxygen atoms in total. The molecule has 2 aliphatic carbocycles. The molecule has 1 aromatic carbocycles. The van der Waals surface area contributed by atoms with E-state index in [0.717, 1.165) is 12.8 Å². The molecule has 18 heavy (non-hydrogen) atoms. The van der Waals surface area contributed by atoms with E-state index in [9.17, 15) is 0 Å². The van der Waals surface area contributed by atoms with Gasteiger partial charge in [-0.3, -0.25) is 0 Å². The molecular formula is C16H20BrN. The van der Waals surface area contributed by atoms with Crippen molar-refractivity contribution in [1.82, 2.24) is 0 Å². The van der Waals surface area contributed by atoms with Gasteiger partial charge in [0, 0.05) is 10.5 Å². The molecule has 0 radical (unpaired) electrons. The second-order valence-electron chi connectivity index (χ2n) is 5.95. The van der Waals surface area contributed by atoms with Gasteiger partial charge in [0.15, 0.2) is 0 Å². The fraction of sp³-hybridized carbons (Fsp3) is 0.500. The van der Waals surface area contributed by atoms with Crippen LogP contribution < -0.4 is 5.73 Å². The van der Waals surface area contributed by atoms with Crippen molar-refractivity contribution in [3.8, 4) is 0 Å². The third-order valence-electron chi connectivity index (χ3n) is 4.50. The first-order valence-electron chi connectivity index (χ1n) is 6.85. The molecule has 1 aromatic rings. The Morgan fingerprint density at radius 2 is 2.06 bits per heavy atom. The summed E-state index contributed by atoms with van der Waals surface area (Å²) in [5, 5.41) is 0. The number of rotatable bonds is 1.